The van der Waals surface area contributed by atoms with E-state index in [2.05, 4.69) is 20.7 Å². The van der Waals surface area contributed by atoms with Crippen LogP contribution in [0.1, 0.15) is 19.8 Å². The van der Waals surface area contributed by atoms with Gasteiger partial charge in [-0.25, -0.2) is 17.6 Å². The average Bonchev–Trinajstić information content (AvgIpc) is 3.07. The van der Waals surface area contributed by atoms with E-state index in [9.17, 15) is 27.8 Å². The molecule has 9 nitrogen and oxygen atoms in total. The van der Waals surface area contributed by atoms with E-state index < -0.39 is 58.3 Å². The van der Waals surface area contributed by atoms with Crippen LogP contribution < -0.4 is 4.72 Å². The van der Waals surface area contributed by atoms with Gasteiger partial charge in [-0.15, -0.1) is 0 Å². The third-order valence-electron chi connectivity index (χ3n) is 5.02. The maximum Gasteiger partial charge on any atom is 0.335 e. The van der Waals surface area contributed by atoms with Crippen LogP contribution in [0, 0.1) is 5.82 Å². The summed E-state index contributed by atoms with van der Waals surface area (Å²) in [5, 5.41) is 17.6. The topological polar surface area (TPSA) is 131 Å². The summed E-state index contributed by atoms with van der Waals surface area (Å²) >= 11 is 3.11. The molecule has 3 N–H and O–H groups in total. The molecule has 31 heavy (non-hydrogen) atoms. The molecule has 172 valence electrons. The second kappa shape index (κ2) is 9.51. The molecule has 1 aliphatic heterocycles. The fraction of sp³-hybridized carbons (Fsp3) is 0.526. The molecule has 0 radical (unpaired) electrons. The van der Waals surface area contributed by atoms with Gasteiger partial charge in [-0.3, -0.25) is 4.72 Å². The number of hydrogen-bond acceptors (Lipinski definition) is 8. The van der Waals surface area contributed by atoms with E-state index in [4.69, 9.17) is 14.2 Å². The van der Waals surface area contributed by atoms with E-state index in [1.807, 2.05) is 0 Å². The molecule has 2 aliphatic rings. The van der Waals surface area contributed by atoms with Gasteiger partial charge in [-0.2, -0.15) is 0 Å². The molecule has 1 saturated heterocycles. The molecule has 3 rings (SSSR count). The lowest BCUT2D eigenvalue weighted by molar-refractivity contribution is -0.154. The summed E-state index contributed by atoms with van der Waals surface area (Å²) in [6.45, 7) is 0.766. The van der Waals surface area contributed by atoms with Crippen molar-refractivity contribution in [3.05, 3.63) is 40.1 Å². The molecule has 1 spiro atoms. The number of halogens is 2. The predicted molar refractivity (Wildman–Crippen MR) is 111 cm³/mol. The zero-order chi connectivity index (χ0) is 22.8. The monoisotopic (exact) mass is 523 g/mol. The maximum atomic E-state index is 13.3. The maximum absolute atomic E-state index is 13.3. The van der Waals surface area contributed by atoms with Crippen LogP contribution in [0.25, 0.3) is 0 Å². The van der Waals surface area contributed by atoms with Crippen molar-refractivity contribution in [2.45, 2.75) is 43.0 Å². The molecule has 0 bridgehead atoms. The Kier molecular flexibility index (Phi) is 7.39. The Morgan fingerprint density at radius 3 is 2.52 bits per heavy atom. The van der Waals surface area contributed by atoms with Gasteiger partial charge in [0.2, 0.25) is 10.0 Å². The smallest absolute Gasteiger partial charge is 0.335 e. The average molecular weight is 524 g/mol. The van der Waals surface area contributed by atoms with Gasteiger partial charge >= 0.3 is 5.97 Å². The van der Waals surface area contributed by atoms with Gasteiger partial charge in [0.25, 0.3) is 0 Å². The number of sulfonamides is 1. The van der Waals surface area contributed by atoms with E-state index in [0.29, 0.717) is 0 Å². The number of hydrogen-bond donors (Lipinski definition) is 3. The normalized spacial score (nSPS) is 28.4. The van der Waals surface area contributed by atoms with E-state index in [1.165, 1.54) is 12.1 Å². The van der Waals surface area contributed by atoms with Crippen molar-refractivity contribution in [3.8, 4) is 0 Å². The number of carbonyl (C=O) groups is 1. The molecule has 12 heteroatoms. The fourth-order valence-corrected chi connectivity index (χ4v) is 5.74. The van der Waals surface area contributed by atoms with Gasteiger partial charge in [-0.05, 0) is 53.5 Å². The molecule has 3 unspecified atom stereocenters. The van der Waals surface area contributed by atoms with Crippen molar-refractivity contribution in [1.29, 1.82) is 0 Å². The summed E-state index contributed by atoms with van der Waals surface area (Å²) in [7, 11) is -4.15. The molecule has 3 atom stereocenters. The van der Waals surface area contributed by atoms with Crippen molar-refractivity contribution in [2.24, 2.45) is 0 Å². The van der Waals surface area contributed by atoms with Gasteiger partial charge in [0, 0.05) is 10.9 Å². The van der Waals surface area contributed by atoms with Crippen LogP contribution >= 0.6 is 15.9 Å². The molecule has 1 aromatic rings. The molecular weight excluding hydrogens is 501 g/mol. The Morgan fingerprint density at radius 2 is 1.97 bits per heavy atom. The number of esters is 1. The first kappa shape index (κ1) is 24.1. The number of aliphatic hydroxyl groups excluding tert-OH is 2. The van der Waals surface area contributed by atoms with E-state index >= 15 is 0 Å². The summed E-state index contributed by atoms with van der Waals surface area (Å²) in [4.78, 5) is 12.6. The summed E-state index contributed by atoms with van der Waals surface area (Å²) in [6.07, 6.45) is -0.415. The number of nitrogens with one attached hydrogen (secondary N) is 1. The Balaban J connectivity index is 1.95. The van der Waals surface area contributed by atoms with Gasteiger partial charge in [0.1, 0.15) is 23.3 Å². The molecular formula is C19H23BrFNO8S. The summed E-state index contributed by atoms with van der Waals surface area (Å²) in [5.41, 5.74) is -0.0759. The van der Waals surface area contributed by atoms with Crippen LogP contribution in [0.15, 0.2) is 34.3 Å². The highest BCUT2D eigenvalue weighted by Crippen LogP contribution is 2.41. The minimum atomic E-state index is -4.15. The van der Waals surface area contributed by atoms with Crippen molar-refractivity contribution in [1.82, 2.24) is 0 Å². The highest BCUT2D eigenvalue weighted by molar-refractivity contribution is 9.10. The molecule has 1 aliphatic carbocycles. The second-order valence-electron chi connectivity index (χ2n) is 7.11. The summed E-state index contributed by atoms with van der Waals surface area (Å²) in [5.74, 6) is -2.87. The Hall–Kier alpha value is -1.57. The van der Waals surface area contributed by atoms with Crippen LogP contribution in [0.3, 0.4) is 0 Å². The molecule has 1 fully saturated rings. The largest absolute Gasteiger partial charge is 0.463 e. The minimum absolute atomic E-state index is 0.0210. The van der Waals surface area contributed by atoms with Gasteiger partial charge in [0.15, 0.2) is 5.79 Å². The number of rotatable bonds is 7. The first-order valence-electron chi connectivity index (χ1n) is 9.58. The standard InChI is InChI=1S/C19H23BrFNO8S/c1-2-28-18(25)12-8-19(29-15(9-23)16(10-24)30-19)6-5-17(12)31(26,27)22-14-4-3-11(21)7-13(14)20/h3-4,7-8,15-17,22-24H,2,5-6,9-10H2,1H3. The van der Waals surface area contributed by atoms with Gasteiger partial charge < -0.3 is 24.4 Å². The van der Waals surface area contributed by atoms with E-state index in [0.717, 1.165) is 12.1 Å². The van der Waals surface area contributed by atoms with Crippen LogP contribution in [-0.4, -0.2) is 67.7 Å². The zero-order valence-corrected chi connectivity index (χ0v) is 19.0. The Labute approximate surface area is 187 Å². The second-order valence-corrected chi connectivity index (χ2v) is 9.83. The lowest BCUT2D eigenvalue weighted by Gasteiger charge is -2.33. The van der Waals surface area contributed by atoms with E-state index in [1.54, 1.807) is 6.92 Å². The molecule has 1 aromatic carbocycles. The van der Waals surface area contributed by atoms with Crippen molar-refractivity contribution in [3.63, 3.8) is 0 Å². The van der Waals surface area contributed by atoms with Crippen LogP contribution in [0.4, 0.5) is 10.1 Å². The SMILES string of the molecule is CCOC(=O)C1=CC2(CCC1S(=O)(=O)Nc1ccc(F)cc1Br)OC(CO)C(CO)O2. The van der Waals surface area contributed by atoms with Crippen molar-refractivity contribution in [2.75, 3.05) is 24.5 Å². The van der Waals surface area contributed by atoms with Gasteiger partial charge in [-0.1, -0.05) is 0 Å². The predicted octanol–water partition coefficient (Wildman–Crippen LogP) is 1.45. The molecule has 0 amide bonds. The lowest BCUT2D eigenvalue weighted by Crippen LogP contribution is -2.42. The number of carbonyl (C=O) groups excluding carboxylic acids is 1. The van der Waals surface area contributed by atoms with Crippen molar-refractivity contribution < 1.29 is 42.0 Å². The Bertz CT molecular complexity index is 958. The number of benzene rings is 1. The number of anilines is 1. The third-order valence-corrected chi connectivity index (χ3v) is 7.42. The quantitative estimate of drug-likeness (QED) is 0.457. The highest BCUT2D eigenvalue weighted by atomic mass is 79.9. The summed E-state index contributed by atoms with van der Waals surface area (Å²) in [6, 6.07) is 3.47. The summed E-state index contributed by atoms with van der Waals surface area (Å²) < 4.78 is 58.7. The molecule has 0 aromatic heterocycles. The first-order chi connectivity index (χ1) is 14.6. The highest BCUT2D eigenvalue weighted by Gasteiger charge is 2.51. The molecule has 1 heterocycles. The Morgan fingerprint density at radius 1 is 1.32 bits per heavy atom. The van der Waals surface area contributed by atoms with Gasteiger partial charge in [0.05, 0.1) is 31.1 Å². The first-order valence-corrected chi connectivity index (χ1v) is 11.9. The molecule has 0 saturated carbocycles. The number of aliphatic hydroxyl groups is 2. The third kappa shape index (κ3) is 5.10. The van der Waals surface area contributed by atoms with Crippen LogP contribution in [0.2, 0.25) is 0 Å². The van der Waals surface area contributed by atoms with Crippen molar-refractivity contribution >= 4 is 37.6 Å². The zero-order valence-electron chi connectivity index (χ0n) is 16.6. The van der Waals surface area contributed by atoms with Crippen LogP contribution in [0.5, 0.6) is 0 Å². The van der Waals surface area contributed by atoms with Crippen LogP contribution in [-0.2, 0) is 29.0 Å². The minimum Gasteiger partial charge on any atom is -0.463 e. The number of ether oxygens (including phenoxy) is 3. The van der Waals surface area contributed by atoms with E-state index in [-0.39, 0.29) is 35.2 Å². The fourth-order valence-electron chi connectivity index (χ4n) is 3.60. The lowest BCUT2D eigenvalue weighted by atomic mass is 9.94.